The normalized spacial score (nSPS) is 12.3. The lowest BCUT2D eigenvalue weighted by Gasteiger charge is -2.34. The Labute approximate surface area is 416 Å². The molecule has 0 aliphatic carbocycles. The molecule has 14 rings (SSSR count). The summed E-state index contributed by atoms with van der Waals surface area (Å²) in [4.78, 5) is 19.0. The van der Waals surface area contributed by atoms with Crippen molar-refractivity contribution in [3.8, 4) is 23.0 Å². The van der Waals surface area contributed by atoms with Crippen LogP contribution >= 0.6 is 0 Å². The number of hydrogen-bond donors (Lipinski definition) is 0. The number of rotatable bonds is 8. The second-order valence-electron chi connectivity index (χ2n) is 17.8. The summed E-state index contributed by atoms with van der Waals surface area (Å²) >= 11 is 0. The van der Waals surface area contributed by atoms with Crippen molar-refractivity contribution in [2.75, 3.05) is 19.6 Å². The SMILES string of the molecule is c1ccc(N(c2ccccc2)c2ccc3c(c2)Oc2ccccc2N3c2ccc3c(c2)c2cc(N4c5ccccc5Oc5cc(N(c6ccccc6)c6ccccc6)ccc54)ccc2c2nccnc32)cc1. The maximum atomic E-state index is 6.81. The molecular formula is C64H42N6O2. The number of anilines is 12. The zero-order valence-corrected chi connectivity index (χ0v) is 38.7. The Morgan fingerprint density at radius 2 is 0.625 bits per heavy atom. The molecule has 0 amide bonds. The van der Waals surface area contributed by atoms with E-state index in [-0.39, 0.29) is 0 Å². The molecule has 0 radical (unpaired) electrons. The molecule has 2 aliphatic heterocycles. The first kappa shape index (κ1) is 41.1. The molecule has 11 aromatic carbocycles. The first-order valence-electron chi connectivity index (χ1n) is 24.0. The molecule has 3 heterocycles. The summed E-state index contributed by atoms with van der Waals surface area (Å²) in [7, 11) is 0. The van der Waals surface area contributed by atoms with Gasteiger partial charge in [-0.15, -0.1) is 0 Å². The highest BCUT2D eigenvalue weighted by Crippen LogP contribution is 2.55. The molecule has 0 saturated carbocycles. The van der Waals surface area contributed by atoms with Gasteiger partial charge in [0.25, 0.3) is 0 Å². The molecule has 0 bridgehead atoms. The Bertz CT molecular complexity index is 3680. The summed E-state index contributed by atoms with van der Waals surface area (Å²) in [5.74, 6) is 3.05. The van der Waals surface area contributed by atoms with Crippen LogP contribution in [-0.4, -0.2) is 9.97 Å². The van der Waals surface area contributed by atoms with E-state index in [1.807, 2.05) is 48.5 Å². The van der Waals surface area contributed by atoms with Crippen molar-refractivity contribution < 1.29 is 9.47 Å². The smallest absolute Gasteiger partial charge is 0.153 e. The van der Waals surface area contributed by atoms with E-state index in [0.717, 1.165) is 124 Å². The van der Waals surface area contributed by atoms with Gasteiger partial charge in [-0.2, -0.15) is 0 Å². The van der Waals surface area contributed by atoms with Crippen LogP contribution in [0.25, 0.3) is 32.6 Å². The van der Waals surface area contributed by atoms with Gasteiger partial charge in [-0.05, 0) is 132 Å². The molecule has 1 aromatic heterocycles. The number of fused-ring (bicyclic) bond motifs is 10. The van der Waals surface area contributed by atoms with Gasteiger partial charge in [-0.3, -0.25) is 9.97 Å². The zero-order valence-electron chi connectivity index (χ0n) is 38.7. The van der Waals surface area contributed by atoms with Gasteiger partial charge < -0.3 is 29.1 Å². The van der Waals surface area contributed by atoms with Crippen molar-refractivity contribution in [2.24, 2.45) is 0 Å². The van der Waals surface area contributed by atoms with Crippen LogP contribution in [0, 0.1) is 0 Å². The van der Waals surface area contributed by atoms with Gasteiger partial charge >= 0.3 is 0 Å². The Morgan fingerprint density at radius 3 is 1.01 bits per heavy atom. The molecule has 0 unspecified atom stereocenters. The van der Waals surface area contributed by atoms with Crippen molar-refractivity contribution in [1.29, 1.82) is 0 Å². The van der Waals surface area contributed by atoms with Crippen LogP contribution in [0.4, 0.5) is 68.2 Å². The second-order valence-corrected chi connectivity index (χ2v) is 17.8. The fraction of sp³-hybridized carbons (Fsp3) is 0. The fourth-order valence-electron chi connectivity index (χ4n) is 10.5. The summed E-state index contributed by atoms with van der Waals surface area (Å²) in [5.41, 5.74) is 13.6. The first-order valence-corrected chi connectivity index (χ1v) is 24.0. The molecule has 8 heteroatoms. The maximum absolute atomic E-state index is 6.81. The third-order valence-electron chi connectivity index (χ3n) is 13.6. The molecule has 8 nitrogen and oxygen atoms in total. The van der Waals surface area contributed by atoms with Gasteiger partial charge in [-0.1, -0.05) is 109 Å². The van der Waals surface area contributed by atoms with E-state index >= 15 is 0 Å². The van der Waals surface area contributed by atoms with Crippen molar-refractivity contribution in [3.05, 3.63) is 255 Å². The van der Waals surface area contributed by atoms with Gasteiger partial charge in [0, 0.05) is 80.8 Å². The minimum atomic E-state index is 0.753. The monoisotopic (exact) mass is 926 g/mol. The number of nitrogens with zero attached hydrogens (tertiary/aromatic N) is 6. The quantitative estimate of drug-likeness (QED) is 0.140. The van der Waals surface area contributed by atoms with Gasteiger partial charge in [0.2, 0.25) is 0 Å². The summed E-state index contributed by atoms with van der Waals surface area (Å²) < 4.78 is 13.6. The Kier molecular flexibility index (Phi) is 9.67. The van der Waals surface area contributed by atoms with Crippen molar-refractivity contribution in [3.63, 3.8) is 0 Å². The lowest BCUT2D eigenvalue weighted by atomic mass is 9.97. The zero-order chi connectivity index (χ0) is 47.5. The predicted molar refractivity (Wildman–Crippen MR) is 293 cm³/mol. The number of hydrogen-bond acceptors (Lipinski definition) is 8. The highest BCUT2D eigenvalue weighted by molar-refractivity contribution is 6.24. The third kappa shape index (κ3) is 6.84. The number of ether oxygens (including phenoxy) is 2. The molecule has 0 atom stereocenters. The lowest BCUT2D eigenvalue weighted by Crippen LogP contribution is -2.17. The highest BCUT2D eigenvalue weighted by Gasteiger charge is 2.30. The molecule has 0 spiro atoms. The summed E-state index contributed by atoms with van der Waals surface area (Å²) in [6, 6.07) is 84.6. The van der Waals surface area contributed by atoms with E-state index in [1.54, 1.807) is 12.4 Å². The number of para-hydroxylation sites is 8. The Morgan fingerprint density at radius 1 is 0.278 bits per heavy atom. The number of benzene rings is 11. The predicted octanol–water partition coefficient (Wildman–Crippen LogP) is 18.0. The average Bonchev–Trinajstić information content (AvgIpc) is 3.45. The van der Waals surface area contributed by atoms with Crippen molar-refractivity contribution in [1.82, 2.24) is 9.97 Å². The second kappa shape index (κ2) is 16.9. The largest absolute Gasteiger partial charge is 0.453 e. The van der Waals surface area contributed by atoms with E-state index in [1.165, 1.54) is 0 Å². The molecule has 2 aliphatic rings. The van der Waals surface area contributed by atoms with E-state index in [4.69, 9.17) is 19.4 Å². The van der Waals surface area contributed by atoms with E-state index < -0.39 is 0 Å². The molecule has 72 heavy (non-hydrogen) atoms. The standard InChI is InChI=1S/C64H42N6O2/c1-5-17-43(18-6-1)67(44-19-7-2-8-20-44)49-31-35-57-61(41-49)71-59-27-15-13-25-55(59)69(57)47-29-33-51-53(39-47)54-40-48(30-34-52(54)64-63(51)65-37-38-66-64)70-56-26-14-16-28-60(56)72-62-42-50(32-36-58(62)70)68(45-21-9-3-10-22-45)46-23-11-4-12-24-46/h1-42H. The van der Waals surface area contributed by atoms with E-state index in [2.05, 4.69) is 214 Å². The average molecular weight is 927 g/mol. The van der Waals surface area contributed by atoms with Crippen LogP contribution in [0.15, 0.2) is 255 Å². The van der Waals surface area contributed by atoms with Crippen LogP contribution in [0.1, 0.15) is 0 Å². The summed E-state index contributed by atoms with van der Waals surface area (Å²) in [6.07, 6.45) is 3.56. The van der Waals surface area contributed by atoms with Crippen LogP contribution in [0.2, 0.25) is 0 Å². The van der Waals surface area contributed by atoms with Crippen LogP contribution in [0.3, 0.4) is 0 Å². The van der Waals surface area contributed by atoms with Crippen LogP contribution in [0.5, 0.6) is 23.0 Å². The van der Waals surface area contributed by atoms with E-state index in [9.17, 15) is 0 Å². The minimum Gasteiger partial charge on any atom is -0.453 e. The molecule has 12 aromatic rings. The topological polar surface area (TPSA) is 57.2 Å². The highest BCUT2D eigenvalue weighted by atomic mass is 16.5. The molecule has 340 valence electrons. The van der Waals surface area contributed by atoms with Crippen molar-refractivity contribution >= 4 is 101 Å². The minimum absolute atomic E-state index is 0.753. The van der Waals surface area contributed by atoms with Gasteiger partial charge in [0.1, 0.15) is 0 Å². The van der Waals surface area contributed by atoms with Gasteiger partial charge in [0.15, 0.2) is 23.0 Å². The number of aromatic nitrogens is 2. The first-order chi connectivity index (χ1) is 35.7. The van der Waals surface area contributed by atoms with E-state index in [0.29, 0.717) is 0 Å². The van der Waals surface area contributed by atoms with Crippen LogP contribution < -0.4 is 29.1 Å². The van der Waals surface area contributed by atoms with Crippen LogP contribution in [-0.2, 0) is 0 Å². The Hall–Kier alpha value is -9.92. The summed E-state index contributed by atoms with van der Waals surface area (Å²) in [6.45, 7) is 0. The lowest BCUT2D eigenvalue weighted by molar-refractivity contribution is 0.477. The molecule has 0 fully saturated rings. The maximum Gasteiger partial charge on any atom is 0.153 e. The van der Waals surface area contributed by atoms with Gasteiger partial charge in [-0.25, -0.2) is 0 Å². The molecule has 0 saturated heterocycles. The Balaban J connectivity index is 0.931. The van der Waals surface area contributed by atoms with Gasteiger partial charge in [0.05, 0.1) is 33.8 Å². The third-order valence-corrected chi connectivity index (χ3v) is 13.6. The summed E-state index contributed by atoms with van der Waals surface area (Å²) in [5, 5.41) is 4.13. The molecule has 0 N–H and O–H groups in total. The van der Waals surface area contributed by atoms with Crippen molar-refractivity contribution in [2.45, 2.75) is 0 Å². The fourth-order valence-corrected chi connectivity index (χ4v) is 10.5. The molecular weight excluding hydrogens is 885 g/mol.